The maximum absolute atomic E-state index is 8.40. The van der Waals surface area contributed by atoms with Crippen LogP contribution < -0.4 is 11.1 Å². The summed E-state index contributed by atoms with van der Waals surface area (Å²) < 4.78 is 0. The monoisotopic (exact) mass is 227 g/mol. The molecule has 0 atom stereocenters. The molecule has 0 bridgehead atoms. The number of hydrogen-bond acceptors (Lipinski definition) is 3. The van der Waals surface area contributed by atoms with Gasteiger partial charge >= 0.3 is 0 Å². The summed E-state index contributed by atoms with van der Waals surface area (Å²) in [6.45, 7) is 3.08. The zero-order valence-corrected chi connectivity index (χ0v) is 10.3. The fraction of sp³-hybridized carbons (Fsp3) is 0.917. The fourth-order valence-electron chi connectivity index (χ4n) is 2.52. The van der Waals surface area contributed by atoms with E-state index in [4.69, 9.17) is 10.9 Å². The van der Waals surface area contributed by atoms with E-state index >= 15 is 0 Å². The summed E-state index contributed by atoms with van der Waals surface area (Å²) >= 11 is 0. The lowest BCUT2D eigenvalue weighted by Crippen LogP contribution is -2.35. The minimum absolute atomic E-state index is 0.312. The van der Waals surface area contributed by atoms with Crippen molar-refractivity contribution in [3.63, 3.8) is 0 Å². The number of hydrogen-bond donors (Lipinski definition) is 3. The van der Waals surface area contributed by atoms with Gasteiger partial charge in [0.15, 0.2) is 0 Å². The lowest BCUT2D eigenvalue weighted by molar-refractivity contribution is 0.279. The quantitative estimate of drug-likeness (QED) is 0.281. The predicted octanol–water partition coefficient (Wildman–Crippen LogP) is 2.07. The minimum Gasteiger partial charge on any atom is -0.409 e. The van der Waals surface area contributed by atoms with E-state index in [0.29, 0.717) is 18.3 Å². The summed E-state index contributed by atoms with van der Waals surface area (Å²) in [4.78, 5) is 0. The van der Waals surface area contributed by atoms with E-state index in [1.165, 1.54) is 38.5 Å². The summed E-state index contributed by atoms with van der Waals surface area (Å²) in [6.07, 6.45) is 8.60. The van der Waals surface area contributed by atoms with Crippen LogP contribution in [0.2, 0.25) is 0 Å². The molecule has 1 saturated carbocycles. The molecule has 0 radical (unpaired) electrons. The first kappa shape index (κ1) is 13.3. The molecule has 0 unspecified atom stereocenters. The summed E-state index contributed by atoms with van der Waals surface area (Å²) in [5.74, 6) is 1.26. The lowest BCUT2D eigenvalue weighted by atomic mass is 9.83. The molecule has 16 heavy (non-hydrogen) atoms. The normalized spacial score (nSPS) is 26.9. The molecule has 0 aromatic carbocycles. The first-order valence-corrected chi connectivity index (χ1v) is 6.46. The average molecular weight is 227 g/mol. The highest BCUT2D eigenvalue weighted by atomic mass is 16.4. The van der Waals surface area contributed by atoms with Crippen molar-refractivity contribution in [1.29, 1.82) is 0 Å². The molecule has 0 amide bonds. The first-order valence-electron chi connectivity index (χ1n) is 6.46. The Morgan fingerprint density at radius 2 is 2.06 bits per heavy atom. The molecule has 0 aromatic rings. The highest BCUT2D eigenvalue weighted by molar-refractivity contribution is 5.79. The average Bonchev–Trinajstić information content (AvgIpc) is 2.31. The molecule has 0 saturated heterocycles. The molecule has 1 aliphatic rings. The zero-order valence-electron chi connectivity index (χ0n) is 10.3. The Morgan fingerprint density at radius 1 is 1.38 bits per heavy atom. The first-order chi connectivity index (χ1) is 7.76. The summed E-state index contributed by atoms with van der Waals surface area (Å²) in [6, 6.07) is 0.639. The highest BCUT2D eigenvalue weighted by Gasteiger charge is 2.19. The van der Waals surface area contributed by atoms with E-state index in [2.05, 4.69) is 17.4 Å². The van der Waals surface area contributed by atoms with Crippen molar-refractivity contribution in [2.75, 3.05) is 6.54 Å². The highest BCUT2D eigenvalue weighted by Crippen LogP contribution is 2.27. The molecule has 1 rings (SSSR count). The molecular weight excluding hydrogens is 202 g/mol. The van der Waals surface area contributed by atoms with Crippen molar-refractivity contribution in [2.24, 2.45) is 16.8 Å². The van der Waals surface area contributed by atoms with E-state index < -0.39 is 0 Å². The van der Waals surface area contributed by atoms with Gasteiger partial charge in [0.25, 0.3) is 0 Å². The van der Waals surface area contributed by atoms with Gasteiger partial charge in [-0.1, -0.05) is 24.9 Å². The van der Waals surface area contributed by atoms with Crippen LogP contribution in [0.5, 0.6) is 0 Å². The van der Waals surface area contributed by atoms with Crippen LogP contribution in [-0.2, 0) is 0 Å². The van der Waals surface area contributed by atoms with Crippen molar-refractivity contribution in [3.8, 4) is 0 Å². The van der Waals surface area contributed by atoms with Gasteiger partial charge in [-0.3, -0.25) is 0 Å². The molecule has 0 heterocycles. The topological polar surface area (TPSA) is 70.6 Å². The van der Waals surface area contributed by atoms with Gasteiger partial charge in [-0.15, -0.1) is 0 Å². The summed E-state index contributed by atoms with van der Waals surface area (Å²) in [5.41, 5.74) is 5.41. The number of amidine groups is 1. The van der Waals surface area contributed by atoms with Gasteiger partial charge in [-0.2, -0.15) is 0 Å². The van der Waals surface area contributed by atoms with E-state index in [1.807, 2.05) is 0 Å². The van der Waals surface area contributed by atoms with Crippen LogP contribution >= 0.6 is 0 Å². The lowest BCUT2D eigenvalue weighted by Gasteiger charge is -2.29. The summed E-state index contributed by atoms with van der Waals surface area (Å²) in [5, 5.41) is 14.8. The van der Waals surface area contributed by atoms with Crippen LogP contribution in [-0.4, -0.2) is 23.6 Å². The Kier molecular flexibility index (Phi) is 6.23. The Hall–Kier alpha value is -0.770. The van der Waals surface area contributed by atoms with Crippen molar-refractivity contribution in [3.05, 3.63) is 0 Å². The standard InChI is InChI=1S/C12H25N3O/c1-2-3-10-4-6-11(7-5-10)14-9-8-12(13)15-16/h10-11,14,16H,2-9H2,1H3,(H2,13,15). The Labute approximate surface area is 98.3 Å². The van der Waals surface area contributed by atoms with Gasteiger partial charge in [0.1, 0.15) is 5.84 Å². The predicted molar refractivity (Wildman–Crippen MR) is 66.7 cm³/mol. The summed E-state index contributed by atoms with van der Waals surface area (Å²) in [7, 11) is 0. The maximum Gasteiger partial charge on any atom is 0.140 e. The van der Waals surface area contributed by atoms with Crippen LogP contribution in [0, 0.1) is 5.92 Å². The molecule has 0 aliphatic heterocycles. The van der Waals surface area contributed by atoms with Gasteiger partial charge in [0.05, 0.1) is 0 Å². The Bertz CT molecular complexity index is 210. The number of oxime groups is 1. The van der Waals surface area contributed by atoms with Crippen molar-refractivity contribution in [2.45, 2.75) is 57.9 Å². The van der Waals surface area contributed by atoms with Crippen LogP contribution in [0.15, 0.2) is 5.16 Å². The Morgan fingerprint density at radius 3 is 2.62 bits per heavy atom. The van der Waals surface area contributed by atoms with Crippen LogP contribution in [0.4, 0.5) is 0 Å². The molecule has 94 valence electrons. The molecule has 1 fully saturated rings. The fourth-order valence-corrected chi connectivity index (χ4v) is 2.52. The van der Waals surface area contributed by atoms with E-state index in [9.17, 15) is 0 Å². The van der Waals surface area contributed by atoms with E-state index in [0.717, 1.165) is 12.5 Å². The van der Waals surface area contributed by atoms with Gasteiger partial charge in [0, 0.05) is 19.0 Å². The molecule has 4 nitrogen and oxygen atoms in total. The van der Waals surface area contributed by atoms with Gasteiger partial charge < -0.3 is 16.3 Å². The molecule has 4 N–H and O–H groups in total. The number of nitrogens with zero attached hydrogens (tertiary/aromatic N) is 1. The third-order valence-electron chi connectivity index (χ3n) is 3.49. The van der Waals surface area contributed by atoms with Crippen molar-refractivity contribution >= 4 is 5.84 Å². The third kappa shape index (κ3) is 4.84. The second-order valence-corrected chi connectivity index (χ2v) is 4.80. The molecule has 4 heteroatoms. The smallest absolute Gasteiger partial charge is 0.140 e. The van der Waals surface area contributed by atoms with Crippen LogP contribution in [0.1, 0.15) is 51.9 Å². The largest absolute Gasteiger partial charge is 0.409 e. The number of nitrogens with one attached hydrogen (secondary N) is 1. The van der Waals surface area contributed by atoms with Gasteiger partial charge in [-0.05, 0) is 31.6 Å². The van der Waals surface area contributed by atoms with Gasteiger partial charge in [-0.25, -0.2) is 0 Å². The zero-order chi connectivity index (χ0) is 11.8. The number of nitrogens with two attached hydrogens (primary N) is 1. The van der Waals surface area contributed by atoms with Crippen molar-refractivity contribution < 1.29 is 5.21 Å². The number of rotatable bonds is 6. The Balaban J connectivity index is 2.08. The van der Waals surface area contributed by atoms with Crippen molar-refractivity contribution in [1.82, 2.24) is 5.32 Å². The molecule has 0 spiro atoms. The molecule has 1 aliphatic carbocycles. The van der Waals surface area contributed by atoms with Crippen LogP contribution in [0.25, 0.3) is 0 Å². The second kappa shape index (κ2) is 7.49. The minimum atomic E-state index is 0.312. The van der Waals surface area contributed by atoms with Crippen LogP contribution in [0.3, 0.4) is 0 Å². The maximum atomic E-state index is 8.40. The SMILES string of the molecule is CCCC1CCC(NCCC(N)=NO)CC1. The third-order valence-corrected chi connectivity index (χ3v) is 3.49. The van der Waals surface area contributed by atoms with E-state index in [-0.39, 0.29) is 0 Å². The van der Waals surface area contributed by atoms with E-state index in [1.54, 1.807) is 0 Å². The van der Waals surface area contributed by atoms with Gasteiger partial charge in [0.2, 0.25) is 0 Å². The second-order valence-electron chi connectivity index (χ2n) is 4.80. The molecular formula is C12H25N3O. The molecule has 0 aromatic heterocycles.